The van der Waals surface area contributed by atoms with Crippen molar-refractivity contribution in [2.24, 2.45) is 11.7 Å². The van der Waals surface area contributed by atoms with Crippen LogP contribution in [0.3, 0.4) is 0 Å². The molecule has 0 aliphatic carbocycles. The fourth-order valence-electron chi connectivity index (χ4n) is 1.88. The van der Waals surface area contributed by atoms with Crippen LogP contribution in [0, 0.1) is 27.4 Å². The molecule has 1 rings (SSSR count). The molecule has 112 valence electrons. The molecule has 21 heavy (non-hydrogen) atoms. The number of nitrogens with one attached hydrogen (secondary N) is 1. The van der Waals surface area contributed by atoms with Gasteiger partial charge in [-0.15, -0.1) is 0 Å². The Bertz CT molecular complexity index is 566. The van der Waals surface area contributed by atoms with Crippen LogP contribution in [-0.2, 0) is 4.79 Å². The lowest BCUT2D eigenvalue weighted by molar-refractivity contribution is -0.383. The van der Waals surface area contributed by atoms with E-state index in [-0.39, 0.29) is 29.3 Å². The lowest BCUT2D eigenvalue weighted by atomic mass is 10.0. The molecule has 0 saturated carbocycles. The number of hydrogen-bond donors (Lipinski definition) is 2. The number of rotatable bonds is 7. The van der Waals surface area contributed by atoms with E-state index in [1.807, 2.05) is 13.0 Å². The molecule has 3 N–H and O–H groups in total. The molecule has 0 aliphatic rings. The number of nitro groups is 1. The van der Waals surface area contributed by atoms with Gasteiger partial charge in [-0.3, -0.25) is 14.9 Å². The number of nitriles is 1. The molecule has 0 fully saturated rings. The monoisotopic (exact) mass is 290 g/mol. The first-order valence-electron chi connectivity index (χ1n) is 6.66. The minimum Gasteiger partial charge on any atom is -0.330 e. The first kappa shape index (κ1) is 16.6. The summed E-state index contributed by atoms with van der Waals surface area (Å²) in [5.41, 5.74) is 5.44. The summed E-state index contributed by atoms with van der Waals surface area (Å²) in [6, 6.07) is 5.78. The van der Waals surface area contributed by atoms with Crippen LogP contribution in [0.15, 0.2) is 18.2 Å². The number of anilines is 1. The lowest BCUT2D eigenvalue weighted by Crippen LogP contribution is -2.15. The summed E-state index contributed by atoms with van der Waals surface area (Å²) < 4.78 is 0. The predicted molar refractivity (Wildman–Crippen MR) is 78.5 cm³/mol. The van der Waals surface area contributed by atoms with E-state index in [2.05, 4.69) is 5.32 Å². The van der Waals surface area contributed by atoms with Gasteiger partial charge < -0.3 is 11.1 Å². The summed E-state index contributed by atoms with van der Waals surface area (Å²) >= 11 is 0. The van der Waals surface area contributed by atoms with Gasteiger partial charge >= 0.3 is 0 Å². The molecular weight excluding hydrogens is 272 g/mol. The van der Waals surface area contributed by atoms with Crippen LogP contribution in [0.25, 0.3) is 0 Å². The van der Waals surface area contributed by atoms with Crippen molar-refractivity contribution in [3.8, 4) is 6.07 Å². The number of hydrogen-bond acceptors (Lipinski definition) is 5. The smallest absolute Gasteiger partial charge is 0.294 e. The van der Waals surface area contributed by atoms with Crippen molar-refractivity contribution in [1.82, 2.24) is 0 Å². The number of carbonyl (C=O) groups is 1. The van der Waals surface area contributed by atoms with Crippen LogP contribution in [0.2, 0.25) is 0 Å². The Hall–Kier alpha value is -2.46. The third-order valence-electron chi connectivity index (χ3n) is 3.12. The van der Waals surface area contributed by atoms with Gasteiger partial charge in [0.15, 0.2) is 0 Å². The van der Waals surface area contributed by atoms with Gasteiger partial charge in [0, 0.05) is 12.5 Å². The lowest BCUT2D eigenvalue weighted by Gasteiger charge is -2.10. The fraction of sp³-hybridized carbons (Fsp3) is 0.429. The highest BCUT2D eigenvalue weighted by Crippen LogP contribution is 2.25. The van der Waals surface area contributed by atoms with Gasteiger partial charge in [0.2, 0.25) is 5.91 Å². The summed E-state index contributed by atoms with van der Waals surface area (Å²) in [6.07, 6.45) is 1.79. The van der Waals surface area contributed by atoms with Crippen LogP contribution < -0.4 is 11.1 Å². The average Bonchev–Trinajstić information content (AvgIpc) is 2.45. The fourth-order valence-corrected chi connectivity index (χ4v) is 1.88. The van der Waals surface area contributed by atoms with E-state index in [4.69, 9.17) is 11.0 Å². The molecule has 0 saturated heterocycles. The Balaban J connectivity index is 2.72. The second-order valence-corrected chi connectivity index (χ2v) is 4.87. The highest BCUT2D eigenvalue weighted by atomic mass is 16.6. The predicted octanol–water partition coefficient (Wildman–Crippen LogP) is 2.17. The Morgan fingerprint density at radius 3 is 2.81 bits per heavy atom. The highest BCUT2D eigenvalue weighted by molar-refractivity contribution is 5.93. The van der Waals surface area contributed by atoms with Crippen molar-refractivity contribution in [3.63, 3.8) is 0 Å². The molecule has 1 amide bonds. The van der Waals surface area contributed by atoms with Gasteiger partial charge in [-0.05, 0) is 37.4 Å². The molecule has 0 aromatic heterocycles. The summed E-state index contributed by atoms with van der Waals surface area (Å²) in [4.78, 5) is 22.2. The highest BCUT2D eigenvalue weighted by Gasteiger charge is 2.17. The molecule has 1 atom stereocenters. The van der Waals surface area contributed by atoms with Crippen LogP contribution in [0.4, 0.5) is 11.4 Å². The number of nitrogens with zero attached hydrogens (tertiary/aromatic N) is 2. The van der Waals surface area contributed by atoms with Gasteiger partial charge in [0.25, 0.3) is 5.69 Å². The van der Waals surface area contributed by atoms with Crippen LogP contribution >= 0.6 is 0 Å². The normalized spacial score (nSPS) is 11.5. The largest absolute Gasteiger partial charge is 0.330 e. The summed E-state index contributed by atoms with van der Waals surface area (Å²) in [7, 11) is 0. The molecule has 1 unspecified atom stereocenters. The minimum absolute atomic E-state index is 0.107. The number of nitro benzene ring substituents is 1. The first-order chi connectivity index (χ1) is 9.97. The Morgan fingerprint density at radius 1 is 1.52 bits per heavy atom. The number of amides is 1. The Kier molecular flexibility index (Phi) is 6.30. The van der Waals surface area contributed by atoms with Crippen LogP contribution in [0.1, 0.15) is 31.7 Å². The average molecular weight is 290 g/mol. The second kappa shape index (κ2) is 7.97. The molecule has 1 aromatic carbocycles. The van der Waals surface area contributed by atoms with Gasteiger partial charge in [0.05, 0.1) is 16.6 Å². The topological polar surface area (TPSA) is 122 Å². The zero-order chi connectivity index (χ0) is 15.8. The third-order valence-corrected chi connectivity index (χ3v) is 3.12. The van der Waals surface area contributed by atoms with Gasteiger partial charge in [-0.25, -0.2) is 0 Å². The standard InChI is InChI=1S/C14H18N4O3/c1-10(6-7-15)2-5-14(19)17-12-4-3-11(9-16)8-13(12)18(20)21/h3-4,8,10H,2,5-7,15H2,1H3,(H,17,19). The number of benzene rings is 1. The maximum Gasteiger partial charge on any atom is 0.294 e. The molecule has 0 bridgehead atoms. The Morgan fingerprint density at radius 2 is 2.24 bits per heavy atom. The quantitative estimate of drug-likeness (QED) is 0.588. The summed E-state index contributed by atoms with van der Waals surface area (Å²) in [6.45, 7) is 2.58. The first-order valence-corrected chi connectivity index (χ1v) is 6.66. The van der Waals surface area contributed by atoms with Crippen LogP contribution in [0.5, 0.6) is 0 Å². The van der Waals surface area contributed by atoms with Crippen molar-refractivity contribution in [1.29, 1.82) is 5.26 Å². The molecule has 0 spiro atoms. The Labute approximate surface area is 122 Å². The molecule has 0 radical (unpaired) electrons. The van der Waals surface area contributed by atoms with Crippen molar-refractivity contribution in [3.05, 3.63) is 33.9 Å². The summed E-state index contributed by atoms with van der Waals surface area (Å²) in [5.74, 6) is 0.0448. The van der Waals surface area contributed by atoms with Gasteiger partial charge in [0.1, 0.15) is 5.69 Å². The van der Waals surface area contributed by atoms with E-state index < -0.39 is 4.92 Å². The molecule has 0 aliphatic heterocycles. The van der Waals surface area contributed by atoms with Crippen molar-refractivity contribution < 1.29 is 9.72 Å². The van der Waals surface area contributed by atoms with Crippen molar-refractivity contribution in [2.75, 3.05) is 11.9 Å². The SMILES string of the molecule is CC(CCN)CCC(=O)Nc1ccc(C#N)cc1[N+](=O)[O-]. The zero-order valence-corrected chi connectivity index (χ0v) is 11.8. The number of nitrogens with two attached hydrogens (primary N) is 1. The minimum atomic E-state index is -0.618. The van der Waals surface area contributed by atoms with E-state index in [0.29, 0.717) is 18.9 Å². The van der Waals surface area contributed by atoms with Crippen molar-refractivity contribution >= 4 is 17.3 Å². The maximum absolute atomic E-state index is 11.8. The van der Waals surface area contributed by atoms with E-state index >= 15 is 0 Å². The summed E-state index contributed by atoms with van der Waals surface area (Å²) in [5, 5.41) is 22.2. The molecule has 1 aromatic rings. The third kappa shape index (κ3) is 5.20. The van der Waals surface area contributed by atoms with Crippen molar-refractivity contribution in [2.45, 2.75) is 26.2 Å². The molecular formula is C14H18N4O3. The van der Waals surface area contributed by atoms with Crippen LogP contribution in [-0.4, -0.2) is 17.4 Å². The van der Waals surface area contributed by atoms with E-state index in [1.165, 1.54) is 12.1 Å². The van der Waals surface area contributed by atoms with E-state index in [0.717, 1.165) is 12.5 Å². The second-order valence-electron chi connectivity index (χ2n) is 4.87. The van der Waals surface area contributed by atoms with Gasteiger partial charge in [-0.2, -0.15) is 5.26 Å². The molecule has 0 heterocycles. The molecule has 7 nitrogen and oxygen atoms in total. The van der Waals surface area contributed by atoms with E-state index in [1.54, 1.807) is 0 Å². The molecule has 7 heteroatoms. The van der Waals surface area contributed by atoms with Gasteiger partial charge in [-0.1, -0.05) is 6.92 Å². The van der Waals surface area contributed by atoms with E-state index in [9.17, 15) is 14.9 Å². The maximum atomic E-state index is 11.8. The number of carbonyl (C=O) groups excluding carboxylic acids is 1. The zero-order valence-electron chi connectivity index (χ0n) is 11.8.